The van der Waals surface area contributed by atoms with E-state index in [0.29, 0.717) is 6.61 Å². The van der Waals surface area contributed by atoms with Crippen LogP contribution in [0.15, 0.2) is 47.6 Å². The molecule has 1 aromatic heterocycles. The van der Waals surface area contributed by atoms with Crippen molar-refractivity contribution in [3.8, 4) is 0 Å². The van der Waals surface area contributed by atoms with E-state index in [1.807, 2.05) is 14.1 Å². The lowest BCUT2D eigenvalue weighted by atomic mass is 10.1. The summed E-state index contributed by atoms with van der Waals surface area (Å²) in [5.41, 5.74) is 3.65. The van der Waals surface area contributed by atoms with E-state index >= 15 is 0 Å². The average Bonchev–Trinajstić information content (AvgIpc) is 2.95. The van der Waals surface area contributed by atoms with Crippen LogP contribution in [-0.4, -0.2) is 36.6 Å². The number of methoxy groups -OCH3 is 1. The van der Waals surface area contributed by atoms with E-state index in [1.165, 1.54) is 16.8 Å². The molecule has 23 heavy (non-hydrogen) atoms. The number of rotatable bonds is 6. The number of guanidine groups is 1. The van der Waals surface area contributed by atoms with E-state index < -0.39 is 0 Å². The zero-order valence-corrected chi connectivity index (χ0v) is 14.4. The molecule has 0 aliphatic rings. The van der Waals surface area contributed by atoms with Gasteiger partial charge in [0.05, 0.1) is 13.2 Å². The minimum absolute atomic E-state index is 0.648. The molecule has 0 bridgehead atoms. The molecular formula is C18H26N4O. The standard InChI is InChI=1S/C18H26N4O/c1-19-18(22(3)13-17-6-5-11-21(17)2)20-12-15-7-9-16(10-8-15)14-23-4/h5-11H,12-14H2,1-4H3,(H,19,20). The Morgan fingerprint density at radius 3 is 2.48 bits per heavy atom. The van der Waals surface area contributed by atoms with E-state index in [9.17, 15) is 0 Å². The van der Waals surface area contributed by atoms with E-state index in [-0.39, 0.29) is 0 Å². The van der Waals surface area contributed by atoms with Crippen molar-refractivity contribution in [3.05, 3.63) is 59.4 Å². The number of benzene rings is 1. The van der Waals surface area contributed by atoms with Crippen molar-refractivity contribution < 1.29 is 4.74 Å². The van der Waals surface area contributed by atoms with Gasteiger partial charge in [-0.3, -0.25) is 4.99 Å². The van der Waals surface area contributed by atoms with Gasteiger partial charge >= 0.3 is 0 Å². The lowest BCUT2D eigenvalue weighted by molar-refractivity contribution is 0.185. The Morgan fingerprint density at radius 1 is 1.22 bits per heavy atom. The van der Waals surface area contributed by atoms with Gasteiger partial charge in [-0.15, -0.1) is 0 Å². The molecule has 5 nitrogen and oxygen atoms in total. The third-order valence-corrected chi connectivity index (χ3v) is 3.81. The van der Waals surface area contributed by atoms with Crippen molar-refractivity contribution in [3.63, 3.8) is 0 Å². The summed E-state index contributed by atoms with van der Waals surface area (Å²) in [5, 5.41) is 3.40. The second kappa shape index (κ2) is 8.39. The molecule has 0 saturated heterocycles. The lowest BCUT2D eigenvalue weighted by Crippen LogP contribution is -2.38. The molecule has 5 heteroatoms. The highest BCUT2D eigenvalue weighted by atomic mass is 16.5. The van der Waals surface area contributed by atoms with Crippen LogP contribution in [-0.2, 0) is 31.5 Å². The SMILES string of the molecule is CN=C(NCc1ccc(COC)cc1)N(C)Cc1cccn1C. The summed E-state index contributed by atoms with van der Waals surface area (Å²) >= 11 is 0. The predicted octanol–water partition coefficient (Wildman–Crippen LogP) is 2.38. The van der Waals surface area contributed by atoms with Gasteiger partial charge in [0, 0.05) is 46.7 Å². The lowest BCUT2D eigenvalue weighted by Gasteiger charge is -2.22. The molecule has 1 N–H and O–H groups in total. The van der Waals surface area contributed by atoms with Crippen molar-refractivity contribution in [1.82, 2.24) is 14.8 Å². The van der Waals surface area contributed by atoms with Crippen LogP contribution in [0.5, 0.6) is 0 Å². The van der Waals surface area contributed by atoms with Crippen LogP contribution in [0.4, 0.5) is 0 Å². The maximum atomic E-state index is 5.13. The smallest absolute Gasteiger partial charge is 0.194 e. The first-order valence-electron chi connectivity index (χ1n) is 7.72. The summed E-state index contributed by atoms with van der Waals surface area (Å²) in [7, 11) is 7.62. The summed E-state index contributed by atoms with van der Waals surface area (Å²) < 4.78 is 7.25. The minimum Gasteiger partial charge on any atom is -0.380 e. The normalized spacial score (nSPS) is 11.6. The van der Waals surface area contributed by atoms with Crippen LogP contribution >= 0.6 is 0 Å². The number of aromatic nitrogens is 1. The van der Waals surface area contributed by atoms with Gasteiger partial charge in [-0.1, -0.05) is 24.3 Å². The number of ether oxygens (including phenoxy) is 1. The molecule has 1 aromatic carbocycles. The Bertz CT molecular complexity index is 631. The minimum atomic E-state index is 0.648. The molecule has 0 unspecified atom stereocenters. The van der Waals surface area contributed by atoms with E-state index in [2.05, 4.69) is 69.4 Å². The van der Waals surface area contributed by atoms with Gasteiger partial charge in [0.1, 0.15) is 0 Å². The van der Waals surface area contributed by atoms with Crippen LogP contribution < -0.4 is 5.32 Å². The van der Waals surface area contributed by atoms with Gasteiger partial charge in [0.15, 0.2) is 5.96 Å². The quantitative estimate of drug-likeness (QED) is 0.657. The van der Waals surface area contributed by atoms with Crippen molar-refractivity contribution >= 4 is 5.96 Å². The third kappa shape index (κ3) is 4.86. The maximum Gasteiger partial charge on any atom is 0.194 e. The highest BCUT2D eigenvalue weighted by molar-refractivity contribution is 5.79. The van der Waals surface area contributed by atoms with Gasteiger partial charge in [-0.25, -0.2) is 0 Å². The Balaban J connectivity index is 1.90. The topological polar surface area (TPSA) is 41.8 Å². The van der Waals surface area contributed by atoms with E-state index in [0.717, 1.165) is 19.0 Å². The molecule has 0 aliphatic heterocycles. The Labute approximate surface area is 138 Å². The molecule has 1 heterocycles. The monoisotopic (exact) mass is 314 g/mol. The summed E-state index contributed by atoms with van der Waals surface area (Å²) in [6.07, 6.45) is 2.06. The first-order chi connectivity index (χ1) is 11.1. The second-order valence-electron chi connectivity index (χ2n) is 5.62. The first-order valence-corrected chi connectivity index (χ1v) is 7.72. The van der Waals surface area contributed by atoms with Crippen LogP contribution in [0.3, 0.4) is 0 Å². The summed E-state index contributed by atoms with van der Waals surface area (Å²) in [6.45, 7) is 2.21. The zero-order chi connectivity index (χ0) is 16.7. The van der Waals surface area contributed by atoms with Gasteiger partial charge in [0.2, 0.25) is 0 Å². The molecule has 2 rings (SSSR count). The summed E-state index contributed by atoms with van der Waals surface area (Å²) in [6, 6.07) is 12.6. The number of nitrogens with zero attached hydrogens (tertiary/aromatic N) is 3. The van der Waals surface area contributed by atoms with Crippen molar-refractivity contribution in [2.75, 3.05) is 21.2 Å². The molecule has 0 atom stereocenters. The highest BCUT2D eigenvalue weighted by Crippen LogP contribution is 2.07. The van der Waals surface area contributed by atoms with E-state index in [1.54, 1.807) is 7.11 Å². The highest BCUT2D eigenvalue weighted by Gasteiger charge is 2.08. The molecule has 0 amide bonds. The molecule has 0 fully saturated rings. The Kier molecular flexibility index (Phi) is 6.23. The summed E-state index contributed by atoms with van der Waals surface area (Å²) in [4.78, 5) is 6.48. The third-order valence-electron chi connectivity index (χ3n) is 3.81. The Morgan fingerprint density at radius 2 is 1.91 bits per heavy atom. The van der Waals surface area contributed by atoms with Crippen LogP contribution in [0, 0.1) is 0 Å². The fraction of sp³-hybridized carbons (Fsp3) is 0.389. The molecular weight excluding hydrogens is 288 g/mol. The fourth-order valence-electron chi connectivity index (χ4n) is 2.46. The molecule has 0 saturated carbocycles. The molecule has 2 aromatic rings. The van der Waals surface area contributed by atoms with Gasteiger partial charge < -0.3 is 19.5 Å². The number of nitrogens with one attached hydrogen (secondary N) is 1. The van der Waals surface area contributed by atoms with E-state index in [4.69, 9.17) is 4.74 Å². The molecule has 0 radical (unpaired) electrons. The zero-order valence-electron chi connectivity index (χ0n) is 14.4. The largest absolute Gasteiger partial charge is 0.380 e. The van der Waals surface area contributed by atoms with Crippen LogP contribution in [0.25, 0.3) is 0 Å². The number of hydrogen-bond donors (Lipinski definition) is 1. The maximum absolute atomic E-state index is 5.13. The molecule has 0 spiro atoms. The van der Waals surface area contributed by atoms with Crippen LogP contribution in [0.2, 0.25) is 0 Å². The average molecular weight is 314 g/mol. The number of aryl methyl sites for hydroxylation is 1. The number of hydrogen-bond acceptors (Lipinski definition) is 2. The Hall–Kier alpha value is -2.27. The second-order valence-corrected chi connectivity index (χ2v) is 5.62. The van der Waals surface area contributed by atoms with Crippen molar-refractivity contribution in [1.29, 1.82) is 0 Å². The molecule has 0 aliphatic carbocycles. The van der Waals surface area contributed by atoms with Gasteiger partial charge in [-0.05, 0) is 23.3 Å². The van der Waals surface area contributed by atoms with Gasteiger partial charge in [-0.2, -0.15) is 0 Å². The van der Waals surface area contributed by atoms with Gasteiger partial charge in [0.25, 0.3) is 0 Å². The van der Waals surface area contributed by atoms with Crippen LogP contribution in [0.1, 0.15) is 16.8 Å². The predicted molar refractivity (Wildman–Crippen MR) is 94.2 cm³/mol. The fourth-order valence-corrected chi connectivity index (χ4v) is 2.46. The van der Waals surface area contributed by atoms with Crippen molar-refractivity contribution in [2.24, 2.45) is 12.0 Å². The number of aliphatic imine (C=N–C) groups is 1. The summed E-state index contributed by atoms with van der Waals surface area (Å²) in [5.74, 6) is 0.882. The first kappa shape index (κ1) is 17.1. The molecule has 124 valence electrons. The van der Waals surface area contributed by atoms with Crippen molar-refractivity contribution in [2.45, 2.75) is 19.7 Å².